The highest BCUT2D eigenvalue weighted by molar-refractivity contribution is 6.11. The molecule has 64 heavy (non-hydrogen) atoms. The van der Waals surface area contributed by atoms with E-state index in [4.69, 9.17) is 10.1 Å². The molecule has 0 saturated heterocycles. The lowest BCUT2D eigenvalue weighted by molar-refractivity contribution is 0.891. The Morgan fingerprint density at radius 3 is 1.59 bits per heavy atom. The van der Waals surface area contributed by atoms with Crippen molar-refractivity contribution in [3.05, 3.63) is 243 Å². The van der Waals surface area contributed by atoms with Crippen molar-refractivity contribution in [3.8, 4) is 78.7 Å². The van der Waals surface area contributed by atoms with Crippen LogP contribution >= 0.6 is 0 Å². The van der Waals surface area contributed by atoms with Gasteiger partial charge in [0, 0.05) is 27.6 Å². The first kappa shape index (κ1) is 37.2. The van der Waals surface area contributed by atoms with Gasteiger partial charge in [0.25, 0.3) is 0 Å². The van der Waals surface area contributed by atoms with Gasteiger partial charge in [-0.25, -0.2) is 9.67 Å². The SMILES string of the molecule is c1ccc(-c2nc(-c3ccc(-c4ccc5ccccc5c4)cc3)n(-c3ccc(-c4ccccc4-c4ccccc4-c4ccc5c(c4)c4ccccc4n5-c4ccccc4)cc3)n2)cc1. The summed E-state index contributed by atoms with van der Waals surface area (Å²) >= 11 is 0. The molecule has 2 aromatic heterocycles. The zero-order valence-corrected chi connectivity index (χ0v) is 34.9. The molecular weight excluding hydrogens is 777 g/mol. The highest BCUT2D eigenvalue weighted by Gasteiger charge is 2.19. The van der Waals surface area contributed by atoms with Gasteiger partial charge in [-0.05, 0) is 104 Å². The summed E-state index contributed by atoms with van der Waals surface area (Å²) in [6.07, 6.45) is 0. The largest absolute Gasteiger partial charge is 0.309 e. The summed E-state index contributed by atoms with van der Waals surface area (Å²) < 4.78 is 4.34. The van der Waals surface area contributed by atoms with Crippen LogP contribution in [0, 0.1) is 0 Å². The third-order valence-electron chi connectivity index (χ3n) is 12.4. The van der Waals surface area contributed by atoms with E-state index in [1.54, 1.807) is 0 Å². The fourth-order valence-electron chi connectivity index (χ4n) is 9.29. The monoisotopic (exact) mass is 816 g/mol. The second-order valence-electron chi connectivity index (χ2n) is 16.2. The standard InChI is InChI=1S/C60H40N4/c1-3-16-44(17-4-1)59-61-60(45-30-27-42(28-31-45)47-32-29-41-15-7-8-18-46(41)39-47)64(62-59)50-36-33-43(34-37-50)51-21-9-11-23-53(51)54-24-12-10-22-52(54)48-35-38-58-56(40-48)55-25-13-14-26-57(55)63(58)49-19-5-2-6-20-49/h1-40H. The van der Waals surface area contributed by atoms with E-state index in [0.29, 0.717) is 5.82 Å². The third-order valence-corrected chi connectivity index (χ3v) is 12.4. The fourth-order valence-corrected chi connectivity index (χ4v) is 9.29. The Balaban J connectivity index is 0.911. The van der Waals surface area contributed by atoms with Crippen LogP contribution in [0.4, 0.5) is 0 Å². The first-order valence-corrected chi connectivity index (χ1v) is 21.7. The molecule has 0 bridgehead atoms. The van der Waals surface area contributed by atoms with Gasteiger partial charge in [-0.2, -0.15) is 0 Å². The number of benzene rings is 10. The van der Waals surface area contributed by atoms with E-state index in [9.17, 15) is 0 Å². The van der Waals surface area contributed by atoms with Crippen LogP contribution < -0.4 is 0 Å². The average Bonchev–Trinajstić information content (AvgIpc) is 3.97. The van der Waals surface area contributed by atoms with Gasteiger partial charge < -0.3 is 4.57 Å². The minimum Gasteiger partial charge on any atom is -0.309 e. The molecule has 300 valence electrons. The molecule has 4 nitrogen and oxygen atoms in total. The molecule has 0 aliphatic rings. The maximum absolute atomic E-state index is 5.15. The van der Waals surface area contributed by atoms with E-state index in [1.807, 2.05) is 22.9 Å². The van der Waals surface area contributed by atoms with E-state index in [-0.39, 0.29) is 0 Å². The molecule has 0 amide bonds. The van der Waals surface area contributed by atoms with Crippen molar-refractivity contribution < 1.29 is 0 Å². The summed E-state index contributed by atoms with van der Waals surface area (Å²) in [4.78, 5) is 5.15. The molecule has 4 heteroatoms. The van der Waals surface area contributed by atoms with E-state index in [0.717, 1.165) is 45.0 Å². The lowest BCUT2D eigenvalue weighted by Gasteiger charge is -2.15. The molecule has 0 atom stereocenters. The molecule has 0 aliphatic carbocycles. The van der Waals surface area contributed by atoms with Crippen LogP contribution in [0.15, 0.2) is 243 Å². The minimum absolute atomic E-state index is 0.683. The predicted octanol–water partition coefficient (Wildman–Crippen LogP) is 15.5. The van der Waals surface area contributed by atoms with Crippen LogP contribution in [0.3, 0.4) is 0 Å². The van der Waals surface area contributed by atoms with Crippen LogP contribution in [0.1, 0.15) is 0 Å². The van der Waals surface area contributed by atoms with Crippen LogP contribution in [0.5, 0.6) is 0 Å². The molecule has 0 unspecified atom stereocenters. The number of rotatable bonds is 8. The Labute approximate surface area is 371 Å². The van der Waals surface area contributed by atoms with Crippen LogP contribution in [-0.2, 0) is 0 Å². The van der Waals surface area contributed by atoms with E-state index in [1.165, 1.54) is 60.4 Å². The Morgan fingerprint density at radius 2 is 0.844 bits per heavy atom. The van der Waals surface area contributed by atoms with Crippen molar-refractivity contribution in [2.75, 3.05) is 0 Å². The number of fused-ring (bicyclic) bond motifs is 4. The topological polar surface area (TPSA) is 35.6 Å². The number of hydrogen-bond donors (Lipinski definition) is 0. The van der Waals surface area contributed by atoms with Crippen molar-refractivity contribution in [2.24, 2.45) is 0 Å². The number of nitrogens with zero attached hydrogens (tertiary/aromatic N) is 4. The summed E-state index contributed by atoms with van der Waals surface area (Å²) in [5.74, 6) is 1.47. The lowest BCUT2D eigenvalue weighted by Crippen LogP contribution is -2.00. The maximum atomic E-state index is 5.15. The van der Waals surface area contributed by atoms with Gasteiger partial charge in [0.1, 0.15) is 0 Å². The molecule has 0 aliphatic heterocycles. The molecule has 0 fully saturated rings. The molecule has 12 rings (SSSR count). The quantitative estimate of drug-likeness (QED) is 0.153. The van der Waals surface area contributed by atoms with Gasteiger partial charge in [-0.15, -0.1) is 5.10 Å². The van der Waals surface area contributed by atoms with Crippen molar-refractivity contribution in [2.45, 2.75) is 0 Å². The van der Waals surface area contributed by atoms with Gasteiger partial charge in [0.15, 0.2) is 11.6 Å². The van der Waals surface area contributed by atoms with Crippen molar-refractivity contribution >= 4 is 32.6 Å². The first-order valence-electron chi connectivity index (χ1n) is 21.7. The zero-order valence-electron chi connectivity index (χ0n) is 34.9. The van der Waals surface area contributed by atoms with E-state index < -0.39 is 0 Å². The smallest absolute Gasteiger partial charge is 0.182 e. The molecule has 10 aromatic carbocycles. The van der Waals surface area contributed by atoms with Crippen LogP contribution in [0.25, 0.3) is 111 Å². The molecule has 0 saturated carbocycles. The summed E-state index contributed by atoms with van der Waals surface area (Å²) in [6, 6.07) is 86.5. The lowest BCUT2D eigenvalue weighted by atomic mass is 9.89. The van der Waals surface area contributed by atoms with Gasteiger partial charge in [-0.1, -0.05) is 194 Å². The van der Waals surface area contributed by atoms with E-state index >= 15 is 0 Å². The van der Waals surface area contributed by atoms with Crippen molar-refractivity contribution in [1.82, 2.24) is 19.3 Å². The summed E-state index contributed by atoms with van der Waals surface area (Å²) in [7, 11) is 0. The van der Waals surface area contributed by atoms with Crippen molar-refractivity contribution in [3.63, 3.8) is 0 Å². The second kappa shape index (κ2) is 15.7. The van der Waals surface area contributed by atoms with E-state index in [2.05, 4.69) is 229 Å². The fraction of sp³-hybridized carbons (Fsp3) is 0. The Bertz CT molecular complexity index is 3640. The van der Waals surface area contributed by atoms with Gasteiger partial charge in [0.2, 0.25) is 0 Å². The van der Waals surface area contributed by atoms with Crippen LogP contribution in [0.2, 0.25) is 0 Å². The van der Waals surface area contributed by atoms with Crippen molar-refractivity contribution in [1.29, 1.82) is 0 Å². The van der Waals surface area contributed by atoms with Gasteiger partial charge in [0.05, 0.1) is 16.7 Å². The predicted molar refractivity (Wildman–Crippen MR) is 266 cm³/mol. The number of hydrogen-bond acceptors (Lipinski definition) is 2. The average molecular weight is 817 g/mol. The normalized spacial score (nSPS) is 11.4. The molecular formula is C60H40N4. The highest BCUT2D eigenvalue weighted by Crippen LogP contribution is 2.41. The zero-order chi connectivity index (χ0) is 42.4. The number of para-hydroxylation sites is 2. The minimum atomic E-state index is 0.683. The van der Waals surface area contributed by atoms with Crippen LogP contribution in [-0.4, -0.2) is 19.3 Å². The summed E-state index contributed by atoms with van der Waals surface area (Å²) in [6.45, 7) is 0. The Morgan fingerprint density at radius 1 is 0.297 bits per heavy atom. The Hall–Kier alpha value is -8.60. The van der Waals surface area contributed by atoms with Gasteiger partial charge in [-0.3, -0.25) is 0 Å². The maximum Gasteiger partial charge on any atom is 0.182 e. The molecule has 0 N–H and O–H groups in total. The second-order valence-corrected chi connectivity index (χ2v) is 16.2. The first-order chi connectivity index (χ1) is 31.7. The summed E-state index contributed by atoms with van der Waals surface area (Å²) in [5, 5.41) is 10.1. The summed E-state index contributed by atoms with van der Waals surface area (Å²) in [5.41, 5.74) is 15.8. The number of aromatic nitrogens is 4. The highest BCUT2D eigenvalue weighted by atomic mass is 15.4. The molecule has 0 radical (unpaired) electrons. The molecule has 2 heterocycles. The molecule has 12 aromatic rings. The Kier molecular flexibility index (Phi) is 9.12. The van der Waals surface area contributed by atoms with Gasteiger partial charge >= 0.3 is 0 Å². The third kappa shape index (κ3) is 6.57. The molecule has 0 spiro atoms.